The van der Waals surface area contributed by atoms with E-state index >= 15 is 0 Å². The molecule has 0 radical (unpaired) electrons. The van der Waals surface area contributed by atoms with Crippen LogP contribution in [0.5, 0.6) is 0 Å². The monoisotopic (exact) mass is 446 g/mol. The molecule has 31 heavy (non-hydrogen) atoms. The first-order valence-corrected chi connectivity index (χ1v) is 12.1. The number of carbonyl (C=O) groups is 2. The number of aromatic nitrogens is 2. The number of piperidine rings is 1. The van der Waals surface area contributed by atoms with Gasteiger partial charge in [-0.05, 0) is 44.1 Å². The summed E-state index contributed by atoms with van der Waals surface area (Å²) in [5, 5.41) is 0.454. The molecular weight excluding hydrogens is 412 g/mol. The molecule has 0 spiro atoms. The van der Waals surface area contributed by atoms with Crippen molar-refractivity contribution in [2.75, 3.05) is 26.2 Å². The lowest BCUT2D eigenvalue weighted by Gasteiger charge is -2.35. The van der Waals surface area contributed by atoms with Crippen molar-refractivity contribution >= 4 is 33.4 Å². The van der Waals surface area contributed by atoms with E-state index in [1.54, 1.807) is 0 Å². The van der Waals surface area contributed by atoms with Crippen molar-refractivity contribution in [3.63, 3.8) is 0 Å². The van der Waals surface area contributed by atoms with E-state index in [0.717, 1.165) is 32.4 Å². The number of amides is 2. The molecule has 2 aromatic heterocycles. The number of thiophene rings is 1. The molecule has 2 aromatic rings. The Morgan fingerprint density at radius 1 is 1.23 bits per heavy atom. The number of nitrogens with zero attached hydrogens (tertiary/aromatic N) is 4. The Kier molecular flexibility index (Phi) is 7.51. The predicted molar refractivity (Wildman–Crippen MR) is 125 cm³/mol. The number of aryl methyl sites for hydroxylation is 1. The fourth-order valence-corrected chi connectivity index (χ4v) is 5.59. The minimum absolute atomic E-state index is 0.0165. The van der Waals surface area contributed by atoms with Gasteiger partial charge in [0.25, 0.3) is 11.5 Å². The van der Waals surface area contributed by atoms with E-state index in [1.807, 2.05) is 23.6 Å². The van der Waals surface area contributed by atoms with E-state index in [2.05, 4.69) is 25.8 Å². The molecule has 1 aliphatic heterocycles. The Bertz CT molecular complexity index is 1000. The van der Waals surface area contributed by atoms with Crippen molar-refractivity contribution < 1.29 is 9.59 Å². The average Bonchev–Trinajstić information content (AvgIpc) is 3.06. The maximum atomic E-state index is 13.2. The lowest BCUT2D eigenvalue weighted by atomic mass is 9.92. The van der Waals surface area contributed by atoms with E-state index in [9.17, 15) is 14.4 Å². The number of likely N-dealkylation sites (tertiary alicyclic amines) is 1. The molecule has 0 unspecified atom stereocenters. The molecule has 170 valence electrons. The molecule has 1 saturated heterocycles. The smallest absolute Gasteiger partial charge is 0.264 e. The maximum absolute atomic E-state index is 13.2. The molecule has 7 nitrogen and oxygen atoms in total. The fourth-order valence-electron chi connectivity index (χ4n) is 4.48. The standard InChI is InChI=1S/C23H34N4O3S/c1-6-8-9-25(7-2)23(30)20-17(5)19-21(31-20)24-14-27(22(19)29)13-18(28)26-11-15(3)10-16(4)12-26/h14-16H,6-13H2,1-5H3/t15-,16-/m0/s1. The van der Waals surface area contributed by atoms with Crippen molar-refractivity contribution in [1.29, 1.82) is 0 Å². The summed E-state index contributed by atoms with van der Waals surface area (Å²) in [6.45, 7) is 13.0. The average molecular weight is 447 g/mol. The van der Waals surface area contributed by atoms with E-state index < -0.39 is 0 Å². The molecule has 1 fully saturated rings. The third kappa shape index (κ3) is 5.00. The first-order chi connectivity index (χ1) is 14.8. The van der Waals surface area contributed by atoms with Crippen LogP contribution < -0.4 is 5.56 Å². The molecule has 3 heterocycles. The number of unbranched alkanes of at least 4 members (excludes halogenated alkanes) is 1. The van der Waals surface area contributed by atoms with Crippen LogP contribution in [0.4, 0.5) is 0 Å². The van der Waals surface area contributed by atoms with Crippen molar-refractivity contribution in [3.05, 3.63) is 27.1 Å². The van der Waals surface area contributed by atoms with Gasteiger partial charge >= 0.3 is 0 Å². The second kappa shape index (κ2) is 9.94. The zero-order chi connectivity index (χ0) is 22.7. The number of fused-ring (bicyclic) bond motifs is 1. The lowest BCUT2D eigenvalue weighted by Crippen LogP contribution is -2.44. The molecule has 3 rings (SSSR count). The highest BCUT2D eigenvalue weighted by Crippen LogP contribution is 2.28. The summed E-state index contributed by atoms with van der Waals surface area (Å²) in [6, 6.07) is 0. The summed E-state index contributed by atoms with van der Waals surface area (Å²) in [5.74, 6) is 0.830. The molecule has 0 bridgehead atoms. The Balaban J connectivity index is 1.87. The van der Waals surface area contributed by atoms with Gasteiger partial charge in [0.15, 0.2) is 0 Å². The van der Waals surface area contributed by atoms with Crippen LogP contribution in [0, 0.1) is 18.8 Å². The van der Waals surface area contributed by atoms with Crippen molar-refractivity contribution in [3.8, 4) is 0 Å². The second-order valence-electron chi connectivity index (χ2n) is 8.90. The van der Waals surface area contributed by atoms with Crippen LogP contribution >= 0.6 is 11.3 Å². The summed E-state index contributed by atoms with van der Waals surface area (Å²) in [5.41, 5.74) is 0.417. The fraction of sp³-hybridized carbons (Fsp3) is 0.652. The van der Waals surface area contributed by atoms with Gasteiger partial charge in [-0.3, -0.25) is 19.0 Å². The summed E-state index contributed by atoms with van der Waals surface area (Å²) in [4.78, 5) is 48.3. The van der Waals surface area contributed by atoms with Gasteiger partial charge < -0.3 is 9.80 Å². The van der Waals surface area contributed by atoms with E-state index in [4.69, 9.17) is 0 Å². The highest BCUT2D eigenvalue weighted by Gasteiger charge is 2.27. The summed E-state index contributed by atoms with van der Waals surface area (Å²) in [7, 11) is 0. The predicted octanol–water partition coefficient (Wildman–Crippen LogP) is 3.53. The van der Waals surface area contributed by atoms with E-state index in [-0.39, 0.29) is 23.9 Å². The molecule has 0 saturated carbocycles. The van der Waals surface area contributed by atoms with Crippen LogP contribution in [0.15, 0.2) is 11.1 Å². The number of rotatable bonds is 7. The topological polar surface area (TPSA) is 75.5 Å². The first-order valence-electron chi connectivity index (χ1n) is 11.3. The highest BCUT2D eigenvalue weighted by molar-refractivity contribution is 7.20. The van der Waals surface area contributed by atoms with Gasteiger partial charge in [-0.15, -0.1) is 11.3 Å². The first kappa shape index (κ1) is 23.4. The van der Waals surface area contributed by atoms with Gasteiger partial charge in [0.2, 0.25) is 5.91 Å². The quantitative estimate of drug-likeness (QED) is 0.652. The van der Waals surface area contributed by atoms with Crippen molar-refractivity contribution in [1.82, 2.24) is 19.4 Å². The van der Waals surface area contributed by atoms with Crippen LogP contribution in [-0.4, -0.2) is 57.3 Å². The number of hydrogen-bond acceptors (Lipinski definition) is 5. The maximum Gasteiger partial charge on any atom is 0.264 e. The molecule has 2 amide bonds. The van der Waals surface area contributed by atoms with Gasteiger partial charge in [-0.25, -0.2) is 4.98 Å². The SMILES string of the molecule is CCCCN(CC)C(=O)c1sc2ncn(CC(=O)N3C[C@@H](C)C[C@H](C)C3)c(=O)c2c1C. The van der Waals surface area contributed by atoms with Gasteiger partial charge in [-0.2, -0.15) is 0 Å². The van der Waals surface area contributed by atoms with Crippen LogP contribution in [0.2, 0.25) is 0 Å². The van der Waals surface area contributed by atoms with E-state index in [0.29, 0.717) is 45.6 Å². The minimum Gasteiger partial charge on any atom is -0.341 e. The lowest BCUT2D eigenvalue weighted by molar-refractivity contribution is -0.134. The normalized spacial score (nSPS) is 19.1. The molecule has 0 aliphatic carbocycles. The zero-order valence-electron chi connectivity index (χ0n) is 19.3. The third-order valence-corrected chi connectivity index (χ3v) is 7.28. The zero-order valence-corrected chi connectivity index (χ0v) is 20.1. The molecule has 2 atom stereocenters. The van der Waals surface area contributed by atoms with Gasteiger partial charge in [0.05, 0.1) is 16.6 Å². The Hall–Kier alpha value is -2.22. The molecule has 0 N–H and O–H groups in total. The van der Waals surface area contributed by atoms with Crippen molar-refractivity contribution in [2.45, 2.75) is 60.4 Å². The molecular formula is C23H34N4O3S. The van der Waals surface area contributed by atoms with Gasteiger partial charge in [0, 0.05) is 26.2 Å². The Morgan fingerprint density at radius 3 is 2.52 bits per heavy atom. The number of hydrogen-bond donors (Lipinski definition) is 0. The summed E-state index contributed by atoms with van der Waals surface area (Å²) in [6.07, 6.45) is 4.53. The molecule has 0 aromatic carbocycles. The van der Waals surface area contributed by atoms with Crippen LogP contribution in [0.3, 0.4) is 0 Å². The van der Waals surface area contributed by atoms with E-state index in [1.165, 1.54) is 22.2 Å². The highest BCUT2D eigenvalue weighted by atomic mass is 32.1. The number of carbonyl (C=O) groups excluding carboxylic acids is 2. The van der Waals surface area contributed by atoms with Gasteiger partial charge in [0.1, 0.15) is 11.4 Å². The summed E-state index contributed by atoms with van der Waals surface area (Å²) >= 11 is 1.27. The van der Waals surface area contributed by atoms with Crippen molar-refractivity contribution in [2.24, 2.45) is 11.8 Å². The largest absolute Gasteiger partial charge is 0.341 e. The van der Waals surface area contributed by atoms with Gasteiger partial charge in [-0.1, -0.05) is 27.2 Å². The van der Waals surface area contributed by atoms with Crippen LogP contribution in [0.1, 0.15) is 62.2 Å². The summed E-state index contributed by atoms with van der Waals surface area (Å²) < 4.78 is 1.39. The molecule has 8 heteroatoms. The third-order valence-electron chi connectivity index (χ3n) is 6.09. The Labute approximate surface area is 188 Å². The molecule has 1 aliphatic rings. The van der Waals surface area contributed by atoms with Crippen LogP contribution in [-0.2, 0) is 11.3 Å². The Morgan fingerprint density at radius 2 is 1.90 bits per heavy atom. The minimum atomic E-state index is -0.249. The van der Waals surface area contributed by atoms with Crippen LogP contribution in [0.25, 0.3) is 10.2 Å². The second-order valence-corrected chi connectivity index (χ2v) is 9.90.